The number of hydrogen-bond donors (Lipinski definition) is 3. The van der Waals surface area contributed by atoms with Crippen LogP contribution in [0, 0.1) is 6.92 Å². The fourth-order valence-corrected chi connectivity index (χ4v) is 2.70. The summed E-state index contributed by atoms with van der Waals surface area (Å²) in [7, 11) is 0. The molecule has 3 aromatic rings. The van der Waals surface area contributed by atoms with Gasteiger partial charge in [0, 0.05) is 22.2 Å². The number of H-pyrrole nitrogens is 2. The Morgan fingerprint density at radius 3 is 2.79 bits per heavy atom. The molecule has 2 heterocycles. The Morgan fingerprint density at radius 2 is 2.00 bits per heavy atom. The largest absolute Gasteiger partial charge is 0.358 e. The second-order valence-corrected chi connectivity index (χ2v) is 5.47. The lowest BCUT2D eigenvalue weighted by Crippen LogP contribution is -2.20. The van der Waals surface area contributed by atoms with E-state index in [1.54, 1.807) is 0 Å². The number of hydrogen-bond acceptors (Lipinski definition) is 2. The standard InChI is InChI=1S/C15H16N4/c1-9-13(10-4-2-3-5-11(10)18-9)12-8-17-14(19-12)15(16)6-7-15/h2-5,8,18H,6-7,16H2,1H3,(H,17,19). The molecule has 1 fully saturated rings. The van der Waals surface area contributed by atoms with Crippen LogP contribution >= 0.6 is 0 Å². The minimum absolute atomic E-state index is 0.210. The molecule has 1 aliphatic carbocycles. The van der Waals surface area contributed by atoms with Gasteiger partial charge < -0.3 is 15.7 Å². The first-order valence-corrected chi connectivity index (χ1v) is 6.59. The molecule has 4 N–H and O–H groups in total. The third-order valence-electron chi connectivity index (χ3n) is 4.00. The Bertz CT molecular complexity index is 761. The average molecular weight is 252 g/mol. The fraction of sp³-hybridized carbons (Fsp3) is 0.267. The Kier molecular flexibility index (Phi) is 1.98. The van der Waals surface area contributed by atoms with Crippen LogP contribution in [0.2, 0.25) is 0 Å². The van der Waals surface area contributed by atoms with Crippen molar-refractivity contribution in [3.05, 3.63) is 42.0 Å². The number of rotatable bonds is 2. The quantitative estimate of drug-likeness (QED) is 0.656. The summed E-state index contributed by atoms with van der Waals surface area (Å²) < 4.78 is 0. The van der Waals surface area contributed by atoms with Crippen LogP contribution in [0.4, 0.5) is 0 Å². The normalized spacial score (nSPS) is 16.9. The first-order valence-electron chi connectivity index (χ1n) is 6.59. The highest BCUT2D eigenvalue weighted by Gasteiger charge is 2.42. The topological polar surface area (TPSA) is 70.5 Å². The Hall–Kier alpha value is -2.07. The average Bonchev–Trinajstić information content (AvgIpc) is 2.87. The number of imidazole rings is 1. The van der Waals surface area contributed by atoms with Crippen LogP contribution in [0.3, 0.4) is 0 Å². The van der Waals surface area contributed by atoms with Gasteiger partial charge in [-0.15, -0.1) is 0 Å². The molecule has 4 rings (SSSR count). The van der Waals surface area contributed by atoms with Gasteiger partial charge in [0.2, 0.25) is 0 Å². The third kappa shape index (κ3) is 1.53. The van der Waals surface area contributed by atoms with Crippen molar-refractivity contribution in [3.8, 4) is 11.3 Å². The maximum Gasteiger partial charge on any atom is 0.126 e. The number of nitrogens with zero attached hydrogens (tertiary/aromatic N) is 1. The molecule has 0 saturated heterocycles. The first kappa shape index (κ1) is 10.8. The summed E-state index contributed by atoms with van der Waals surface area (Å²) in [5, 5.41) is 1.22. The van der Waals surface area contributed by atoms with E-state index in [1.165, 1.54) is 10.9 Å². The minimum atomic E-state index is -0.210. The molecule has 1 saturated carbocycles. The zero-order valence-corrected chi connectivity index (χ0v) is 10.8. The van der Waals surface area contributed by atoms with E-state index in [0.29, 0.717) is 0 Å². The molecular formula is C15H16N4. The van der Waals surface area contributed by atoms with Crippen LogP contribution in [0.1, 0.15) is 24.4 Å². The number of aryl methyl sites for hydroxylation is 1. The molecule has 0 radical (unpaired) electrons. The van der Waals surface area contributed by atoms with Crippen molar-refractivity contribution in [2.24, 2.45) is 5.73 Å². The highest BCUT2D eigenvalue weighted by Crippen LogP contribution is 2.42. The molecule has 4 nitrogen and oxygen atoms in total. The summed E-state index contributed by atoms with van der Waals surface area (Å²) in [5.41, 5.74) is 10.5. The highest BCUT2D eigenvalue weighted by molar-refractivity contribution is 5.96. The van der Waals surface area contributed by atoms with Crippen molar-refractivity contribution in [1.82, 2.24) is 15.0 Å². The van der Waals surface area contributed by atoms with Gasteiger partial charge in [0.25, 0.3) is 0 Å². The van der Waals surface area contributed by atoms with E-state index in [0.717, 1.165) is 35.6 Å². The van der Waals surface area contributed by atoms with E-state index in [2.05, 4.69) is 40.1 Å². The van der Waals surface area contributed by atoms with Crippen LogP contribution in [0.5, 0.6) is 0 Å². The maximum absolute atomic E-state index is 6.18. The molecule has 0 aliphatic heterocycles. The molecule has 0 atom stereocenters. The summed E-state index contributed by atoms with van der Waals surface area (Å²) in [6, 6.07) is 8.32. The second-order valence-electron chi connectivity index (χ2n) is 5.47. The van der Waals surface area contributed by atoms with E-state index >= 15 is 0 Å². The van der Waals surface area contributed by atoms with E-state index in [1.807, 2.05) is 12.3 Å². The molecular weight excluding hydrogens is 236 g/mol. The summed E-state index contributed by atoms with van der Waals surface area (Å²) in [5.74, 6) is 0.909. The monoisotopic (exact) mass is 252 g/mol. The van der Waals surface area contributed by atoms with Gasteiger partial charge in [-0.1, -0.05) is 18.2 Å². The van der Waals surface area contributed by atoms with Crippen LogP contribution < -0.4 is 5.73 Å². The molecule has 96 valence electrons. The van der Waals surface area contributed by atoms with E-state index in [-0.39, 0.29) is 5.54 Å². The summed E-state index contributed by atoms with van der Waals surface area (Å²) in [6.45, 7) is 2.09. The predicted molar refractivity (Wildman–Crippen MR) is 75.7 cm³/mol. The molecule has 1 aromatic carbocycles. The molecule has 0 amide bonds. The summed E-state index contributed by atoms with van der Waals surface area (Å²) in [6.07, 6.45) is 3.94. The zero-order chi connectivity index (χ0) is 13.0. The van der Waals surface area contributed by atoms with Gasteiger partial charge in [-0.3, -0.25) is 0 Å². The summed E-state index contributed by atoms with van der Waals surface area (Å²) >= 11 is 0. The number of benzene rings is 1. The second kappa shape index (κ2) is 3.48. The van der Waals surface area contributed by atoms with E-state index in [9.17, 15) is 0 Å². The maximum atomic E-state index is 6.18. The molecule has 0 spiro atoms. The van der Waals surface area contributed by atoms with Gasteiger partial charge >= 0.3 is 0 Å². The van der Waals surface area contributed by atoms with Gasteiger partial charge in [-0.05, 0) is 25.8 Å². The van der Waals surface area contributed by atoms with E-state index < -0.39 is 0 Å². The van der Waals surface area contributed by atoms with E-state index in [4.69, 9.17) is 5.73 Å². The smallest absolute Gasteiger partial charge is 0.126 e. The molecule has 1 aliphatic rings. The number of para-hydroxylation sites is 1. The van der Waals surface area contributed by atoms with Crippen LogP contribution in [-0.4, -0.2) is 15.0 Å². The summed E-state index contributed by atoms with van der Waals surface area (Å²) in [4.78, 5) is 11.3. The van der Waals surface area contributed by atoms with Crippen molar-refractivity contribution < 1.29 is 0 Å². The Labute approximate surface area is 111 Å². The predicted octanol–water partition coefficient (Wildman–Crippen LogP) is 2.81. The van der Waals surface area contributed by atoms with Crippen molar-refractivity contribution in [3.63, 3.8) is 0 Å². The van der Waals surface area contributed by atoms with Crippen LogP contribution in [0.25, 0.3) is 22.2 Å². The Morgan fingerprint density at radius 1 is 1.21 bits per heavy atom. The zero-order valence-electron chi connectivity index (χ0n) is 10.8. The minimum Gasteiger partial charge on any atom is -0.358 e. The molecule has 0 bridgehead atoms. The van der Waals surface area contributed by atoms with Gasteiger partial charge in [0.1, 0.15) is 5.82 Å². The van der Waals surface area contributed by atoms with Gasteiger partial charge in [-0.2, -0.15) is 0 Å². The number of aromatic nitrogens is 3. The number of fused-ring (bicyclic) bond motifs is 1. The highest BCUT2D eigenvalue weighted by atomic mass is 15.0. The number of aromatic amines is 2. The number of nitrogens with one attached hydrogen (secondary N) is 2. The van der Waals surface area contributed by atoms with Gasteiger partial charge in [-0.25, -0.2) is 4.98 Å². The first-order chi connectivity index (χ1) is 9.17. The Balaban J connectivity index is 1.90. The molecule has 4 heteroatoms. The SMILES string of the molecule is Cc1[nH]c2ccccc2c1-c1cnc(C2(N)CC2)[nH]1. The van der Waals surface area contributed by atoms with Crippen molar-refractivity contribution in [2.45, 2.75) is 25.3 Å². The lowest BCUT2D eigenvalue weighted by molar-refractivity contribution is 0.685. The van der Waals surface area contributed by atoms with Crippen molar-refractivity contribution >= 4 is 10.9 Å². The van der Waals surface area contributed by atoms with Crippen molar-refractivity contribution in [1.29, 1.82) is 0 Å². The van der Waals surface area contributed by atoms with Gasteiger partial charge in [0.15, 0.2) is 0 Å². The van der Waals surface area contributed by atoms with Crippen LogP contribution in [-0.2, 0) is 5.54 Å². The lowest BCUT2D eigenvalue weighted by atomic mass is 10.1. The van der Waals surface area contributed by atoms with Gasteiger partial charge in [0.05, 0.1) is 17.4 Å². The fourth-order valence-electron chi connectivity index (χ4n) is 2.70. The molecule has 2 aromatic heterocycles. The molecule has 19 heavy (non-hydrogen) atoms. The number of nitrogens with two attached hydrogens (primary N) is 1. The van der Waals surface area contributed by atoms with Crippen LogP contribution in [0.15, 0.2) is 30.5 Å². The molecule has 0 unspecified atom stereocenters. The van der Waals surface area contributed by atoms with Crippen molar-refractivity contribution in [2.75, 3.05) is 0 Å². The third-order valence-corrected chi connectivity index (χ3v) is 4.00. The lowest BCUT2D eigenvalue weighted by Gasteiger charge is -2.03.